The third kappa shape index (κ3) is 2.56. The summed E-state index contributed by atoms with van der Waals surface area (Å²) in [5, 5.41) is 9.09. The zero-order valence-corrected chi connectivity index (χ0v) is 9.50. The van der Waals surface area contributed by atoms with Gasteiger partial charge in [0.25, 0.3) is 5.79 Å². The molecule has 0 aromatic rings. The van der Waals surface area contributed by atoms with Gasteiger partial charge in [0, 0.05) is 0 Å². The van der Waals surface area contributed by atoms with Crippen molar-refractivity contribution in [2.24, 2.45) is 4.99 Å². The first kappa shape index (κ1) is 17.9. The van der Waals surface area contributed by atoms with Gasteiger partial charge >= 0.3 is 24.2 Å². The van der Waals surface area contributed by atoms with E-state index in [-0.39, 0.29) is 0 Å². The molecule has 0 fully saturated rings. The molecule has 0 amide bonds. The van der Waals surface area contributed by atoms with Crippen LogP contribution >= 0.6 is 0 Å². The molecule has 0 saturated carbocycles. The van der Waals surface area contributed by atoms with Crippen molar-refractivity contribution >= 4 is 5.71 Å². The molecule has 21 heavy (non-hydrogen) atoms. The predicted molar refractivity (Wildman–Crippen MR) is 45.2 cm³/mol. The molecule has 1 rings (SSSR count). The molecule has 1 heterocycles. The van der Waals surface area contributed by atoms with Crippen LogP contribution in [-0.2, 0) is 4.74 Å². The number of ether oxygens (including phenoxy) is 1. The zero-order valence-electron chi connectivity index (χ0n) is 9.50. The van der Waals surface area contributed by atoms with E-state index in [1.807, 2.05) is 0 Å². The molecule has 1 aliphatic rings. The van der Waals surface area contributed by atoms with Gasteiger partial charge in [-0.25, -0.2) is 0 Å². The molecule has 1 unspecified atom stereocenters. The van der Waals surface area contributed by atoms with Crippen molar-refractivity contribution in [3.63, 3.8) is 0 Å². The summed E-state index contributed by atoms with van der Waals surface area (Å²) in [5.74, 6) is -18.9. The van der Waals surface area contributed by atoms with Crippen molar-refractivity contribution in [2.75, 3.05) is 13.2 Å². The molecule has 0 aromatic carbocycles. The van der Waals surface area contributed by atoms with Gasteiger partial charge < -0.3 is 9.84 Å². The van der Waals surface area contributed by atoms with Crippen LogP contribution in [-0.4, -0.2) is 54.0 Å². The van der Waals surface area contributed by atoms with Crippen LogP contribution in [0.5, 0.6) is 0 Å². The minimum absolute atomic E-state index is 0.954. The quantitative estimate of drug-likeness (QED) is 0.787. The summed E-state index contributed by atoms with van der Waals surface area (Å²) in [7, 11) is 0. The molecule has 0 aliphatic carbocycles. The van der Waals surface area contributed by atoms with Gasteiger partial charge in [-0.05, 0) is 0 Å². The van der Waals surface area contributed by atoms with E-state index in [0.29, 0.717) is 0 Å². The van der Waals surface area contributed by atoms with Gasteiger partial charge in [0.05, 0.1) is 13.2 Å². The number of hydrogen-bond acceptors (Lipinski definition) is 3. The lowest BCUT2D eigenvalue weighted by molar-refractivity contribution is -0.414. The van der Waals surface area contributed by atoms with Crippen LogP contribution in [0.2, 0.25) is 0 Å². The highest BCUT2D eigenvalue weighted by Gasteiger charge is 2.83. The van der Waals surface area contributed by atoms with Crippen LogP contribution in [0.15, 0.2) is 4.99 Å². The molecule has 1 aliphatic heterocycles. The van der Waals surface area contributed by atoms with Crippen LogP contribution < -0.4 is 0 Å². The van der Waals surface area contributed by atoms with Crippen LogP contribution in [0.1, 0.15) is 0 Å². The fourth-order valence-electron chi connectivity index (χ4n) is 1.44. The van der Waals surface area contributed by atoms with Crippen molar-refractivity contribution in [3.05, 3.63) is 0 Å². The topological polar surface area (TPSA) is 41.8 Å². The lowest BCUT2D eigenvalue weighted by Gasteiger charge is -2.41. The summed E-state index contributed by atoms with van der Waals surface area (Å²) in [5.41, 5.74) is -2.96. The Bertz CT molecular complexity index is 439. The van der Waals surface area contributed by atoms with Crippen molar-refractivity contribution in [1.29, 1.82) is 0 Å². The third-order valence-electron chi connectivity index (χ3n) is 2.44. The largest absolute Gasteiger partial charge is 0.460 e. The Balaban J connectivity index is 3.46. The Hall–Kier alpha value is -1.11. The Labute approximate surface area is 109 Å². The first-order valence-corrected chi connectivity index (χ1v) is 4.90. The molecule has 0 radical (unpaired) electrons. The maximum absolute atomic E-state index is 13.3. The minimum atomic E-state index is -6.99. The molecule has 124 valence electrons. The minimum Gasteiger partial charge on any atom is -0.356 e. The number of aliphatic imine (C=N–C) groups is 1. The second-order valence-corrected chi connectivity index (χ2v) is 3.87. The summed E-state index contributed by atoms with van der Waals surface area (Å²) in [6.07, 6.45) is -12.8. The van der Waals surface area contributed by atoms with Gasteiger partial charge in [-0.2, -0.15) is 43.9 Å². The Morgan fingerprint density at radius 2 is 1.43 bits per heavy atom. The Morgan fingerprint density at radius 1 is 0.952 bits per heavy atom. The second-order valence-electron chi connectivity index (χ2n) is 3.87. The highest BCUT2D eigenvalue weighted by atomic mass is 19.4. The second kappa shape index (κ2) is 4.69. The molecule has 13 heteroatoms. The molecular weight excluding hydrogens is 332 g/mol. The fraction of sp³-hybridized carbons (Fsp3) is 0.875. The monoisotopic (exact) mass is 337 g/mol. The highest BCUT2D eigenvalue weighted by molar-refractivity contribution is 5.97. The summed E-state index contributed by atoms with van der Waals surface area (Å²) in [6.45, 7) is -2.16. The lowest BCUT2D eigenvalue weighted by atomic mass is 9.95. The number of nitrogens with zero attached hydrogens (tertiary/aromatic N) is 1. The van der Waals surface area contributed by atoms with Crippen molar-refractivity contribution < 1.29 is 53.7 Å². The fourth-order valence-corrected chi connectivity index (χ4v) is 1.44. The maximum atomic E-state index is 13.3. The van der Waals surface area contributed by atoms with Crippen LogP contribution in [0, 0.1) is 0 Å². The zero-order chi connectivity index (χ0) is 16.9. The average molecular weight is 337 g/mol. The van der Waals surface area contributed by atoms with E-state index in [1.165, 1.54) is 0 Å². The van der Waals surface area contributed by atoms with E-state index < -0.39 is 48.8 Å². The highest BCUT2D eigenvalue weighted by Crippen LogP contribution is 2.53. The molecule has 3 nitrogen and oxygen atoms in total. The normalized spacial score (nSPS) is 25.8. The standard InChI is InChI=1S/C8H5F10NO2/c9-5(10,11)3-4(20,21-2-1-19-3)6(12,13)7(14,15)8(16,17)18/h20H,1-2H2. The van der Waals surface area contributed by atoms with Gasteiger partial charge in [-0.3, -0.25) is 4.99 Å². The van der Waals surface area contributed by atoms with Crippen LogP contribution in [0.25, 0.3) is 0 Å². The molecule has 0 saturated heterocycles. The van der Waals surface area contributed by atoms with Crippen LogP contribution in [0.4, 0.5) is 43.9 Å². The van der Waals surface area contributed by atoms with Gasteiger partial charge in [-0.1, -0.05) is 0 Å². The van der Waals surface area contributed by atoms with E-state index in [1.54, 1.807) is 0 Å². The summed E-state index contributed by atoms with van der Waals surface area (Å²) < 4.78 is 129. The maximum Gasteiger partial charge on any atom is 0.460 e. The SMILES string of the molecule is OC1(C(F)(F)C(F)(F)C(F)(F)F)OCCN=C1C(F)(F)F. The van der Waals surface area contributed by atoms with E-state index in [4.69, 9.17) is 5.11 Å². The summed E-state index contributed by atoms with van der Waals surface area (Å²) in [6, 6.07) is 0. The molecule has 0 aromatic heterocycles. The number of halogens is 10. The van der Waals surface area contributed by atoms with E-state index in [2.05, 4.69) is 9.73 Å². The number of alkyl halides is 10. The van der Waals surface area contributed by atoms with Crippen LogP contribution in [0.3, 0.4) is 0 Å². The molecule has 0 bridgehead atoms. The van der Waals surface area contributed by atoms with Gasteiger partial charge in [0.2, 0.25) is 0 Å². The predicted octanol–water partition coefficient (Wildman–Crippen LogP) is 2.54. The number of aliphatic hydroxyl groups is 1. The molecule has 1 atom stereocenters. The summed E-state index contributed by atoms with van der Waals surface area (Å²) in [4.78, 5) is 2.35. The number of rotatable bonds is 2. The number of hydrogen-bond donors (Lipinski definition) is 1. The first-order chi connectivity index (χ1) is 9.09. The smallest absolute Gasteiger partial charge is 0.356 e. The van der Waals surface area contributed by atoms with Gasteiger partial charge in [0.15, 0.2) is 5.71 Å². The third-order valence-corrected chi connectivity index (χ3v) is 2.44. The first-order valence-electron chi connectivity index (χ1n) is 4.90. The molecular formula is C8H5F10NO2. The van der Waals surface area contributed by atoms with Gasteiger partial charge in [0.1, 0.15) is 0 Å². The Morgan fingerprint density at radius 3 is 1.81 bits per heavy atom. The Kier molecular flexibility index (Phi) is 4.01. The lowest BCUT2D eigenvalue weighted by Crippen LogP contribution is -2.71. The average Bonchev–Trinajstić information content (AvgIpc) is 2.25. The van der Waals surface area contributed by atoms with E-state index in [0.717, 1.165) is 0 Å². The van der Waals surface area contributed by atoms with Gasteiger partial charge in [-0.15, -0.1) is 0 Å². The van der Waals surface area contributed by atoms with Crippen molar-refractivity contribution in [3.8, 4) is 0 Å². The summed E-state index contributed by atoms with van der Waals surface area (Å²) >= 11 is 0. The van der Waals surface area contributed by atoms with E-state index in [9.17, 15) is 43.9 Å². The van der Waals surface area contributed by atoms with Crippen molar-refractivity contribution in [2.45, 2.75) is 30.0 Å². The van der Waals surface area contributed by atoms with Crippen molar-refractivity contribution in [1.82, 2.24) is 0 Å². The molecule has 0 spiro atoms. The molecule has 1 N–H and O–H groups in total. The van der Waals surface area contributed by atoms with E-state index >= 15 is 0 Å².